The lowest BCUT2D eigenvalue weighted by Crippen LogP contribution is -2.22. The Labute approximate surface area is 178 Å². The maximum atomic E-state index is 14.9. The smallest absolute Gasteiger partial charge is 0.132 e. The lowest BCUT2D eigenvalue weighted by molar-refractivity contribution is 0.0895. The summed E-state index contributed by atoms with van der Waals surface area (Å²) in [5.41, 5.74) is 5.64. The summed E-state index contributed by atoms with van der Waals surface area (Å²) in [6.45, 7) is 13.5. The molecule has 0 unspecified atom stereocenters. The van der Waals surface area contributed by atoms with Gasteiger partial charge in [-0.1, -0.05) is 25.7 Å². The molecule has 1 aromatic carbocycles. The normalized spacial score (nSPS) is 11.7. The molecular weight excluding hydrogens is 395 g/mol. The summed E-state index contributed by atoms with van der Waals surface area (Å²) in [6, 6.07) is 10.2. The third-order valence-corrected chi connectivity index (χ3v) is 6.90. The fourth-order valence-corrected chi connectivity index (χ4v) is 4.30. The molecule has 2 aromatic heterocycles. The van der Waals surface area contributed by atoms with Crippen LogP contribution >= 0.6 is 0 Å². The second-order valence-corrected chi connectivity index (χ2v) is 14.6. The van der Waals surface area contributed by atoms with Crippen molar-refractivity contribution < 1.29 is 9.13 Å². The molecule has 1 N–H and O–H groups in total. The summed E-state index contributed by atoms with van der Waals surface area (Å²) in [6.07, 6.45) is 0. The molecule has 158 valence electrons. The number of rotatable bonds is 7. The Morgan fingerprint density at radius 2 is 1.93 bits per heavy atom. The first-order valence-corrected chi connectivity index (χ1v) is 13.8. The number of aryl methyl sites for hydroxylation is 3. The van der Waals surface area contributed by atoms with Crippen LogP contribution < -0.4 is 0 Å². The Morgan fingerprint density at radius 1 is 1.20 bits per heavy atom. The van der Waals surface area contributed by atoms with Crippen LogP contribution in [0.5, 0.6) is 0 Å². The van der Waals surface area contributed by atoms with Gasteiger partial charge in [0.2, 0.25) is 0 Å². The van der Waals surface area contributed by atoms with Gasteiger partial charge in [-0.15, -0.1) is 0 Å². The number of aromatic nitrogens is 3. The van der Waals surface area contributed by atoms with Gasteiger partial charge in [-0.05, 0) is 50.6 Å². The number of H-pyrrole nitrogens is 1. The minimum atomic E-state index is -1.24. The molecule has 5 nitrogen and oxygen atoms in total. The van der Waals surface area contributed by atoms with Crippen molar-refractivity contribution in [2.45, 2.75) is 53.2 Å². The van der Waals surface area contributed by atoms with Crippen molar-refractivity contribution in [3.63, 3.8) is 0 Å². The molecule has 0 amide bonds. The second-order valence-electron chi connectivity index (χ2n) is 8.97. The number of nitrogens with one attached hydrogen (secondary N) is 1. The fraction of sp³-hybridized carbons (Fsp3) is 0.391. The van der Waals surface area contributed by atoms with Crippen LogP contribution in [0.2, 0.25) is 25.7 Å². The number of aromatic amines is 1. The van der Waals surface area contributed by atoms with Gasteiger partial charge in [0.1, 0.15) is 18.6 Å². The van der Waals surface area contributed by atoms with E-state index in [0.29, 0.717) is 23.4 Å². The largest absolute Gasteiger partial charge is 0.361 e. The predicted octanol–water partition coefficient (Wildman–Crippen LogP) is 5.79. The van der Waals surface area contributed by atoms with Crippen LogP contribution in [0.15, 0.2) is 24.3 Å². The molecule has 0 aliphatic heterocycles. The van der Waals surface area contributed by atoms with Crippen molar-refractivity contribution in [1.29, 1.82) is 5.26 Å². The average Bonchev–Trinajstić information content (AvgIpc) is 3.17. The third-order valence-electron chi connectivity index (χ3n) is 5.20. The fourth-order valence-electron chi connectivity index (χ4n) is 3.54. The van der Waals surface area contributed by atoms with Crippen LogP contribution in [-0.2, 0) is 11.5 Å². The van der Waals surface area contributed by atoms with Crippen LogP contribution in [-0.4, -0.2) is 29.4 Å². The van der Waals surface area contributed by atoms with Gasteiger partial charge in [-0.25, -0.2) is 4.39 Å². The van der Waals surface area contributed by atoms with E-state index in [2.05, 4.69) is 35.9 Å². The second kappa shape index (κ2) is 8.58. The van der Waals surface area contributed by atoms with Crippen LogP contribution in [0, 0.1) is 37.9 Å². The van der Waals surface area contributed by atoms with Crippen molar-refractivity contribution >= 4 is 8.07 Å². The first-order valence-electron chi connectivity index (χ1n) is 10.1. The molecule has 0 fully saturated rings. The predicted molar refractivity (Wildman–Crippen MR) is 120 cm³/mol. The number of hydrogen-bond acceptors (Lipinski definition) is 3. The molecule has 0 spiro atoms. The number of hydrogen-bond donors (Lipinski definition) is 1. The number of ether oxygens (including phenoxy) is 1. The average molecular weight is 425 g/mol. The third kappa shape index (κ3) is 4.55. The van der Waals surface area contributed by atoms with Crippen LogP contribution in [0.3, 0.4) is 0 Å². The van der Waals surface area contributed by atoms with E-state index in [-0.39, 0.29) is 12.5 Å². The van der Waals surface area contributed by atoms with E-state index in [1.165, 1.54) is 6.07 Å². The van der Waals surface area contributed by atoms with Crippen LogP contribution in [0.4, 0.5) is 4.39 Å². The van der Waals surface area contributed by atoms with Gasteiger partial charge in [0.25, 0.3) is 0 Å². The number of benzene rings is 1. The van der Waals surface area contributed by atoms with E-state index in [1.807, 2.05) is 31.4 Å². The van der Waals surface area contributed by atoms with Gasteiger partial charge in [0, 0.05) is 31.5 Å². The van der Waals surface area contributed by atoms with E-state index >= 15 is 0 Å². The highest BCUT2D eigenvalue weighted by molar-refractivity contribution is 6.76. The molecule has 0 radical (unpaired) electrons. The molecular formula is C23H29FN4OSi. The summed E-state index contributed by atoms with van der Waals surface area (Å²) in [5.74, 6) is -0.347. The highest BCUT2D eigenvalue weighted by Crippen LogP contribution is 2.36. The first kappa shape index (κ1) is 22.0. The monoisotopic (exact) mass is 424 g/mol. The van der Waals surface area contributed by atoms with Gasteiger partial charge in [0.05, 0.1) is 22.6 Å². The van der Waals surface area contributed by atoms with E-state index in [0.717, 1.165) is 34.3 Å². The quantitative estimate of drug-likeness (QED) is 0.385. The van der Waals surface area contributed by atoms with Gasteiger partial charge in [-0.2, -0.15) is 10.4 Å². The Kier molecular flexibility index (Phi) is 6.29. The highest BCUT2D eigenvalue weighted by atomic mass is 28.3. The maximum Gasteiger partial charge on any atom is 0.132 e. The van der Waals surface area contributed by atoms with Crippen molar-refractivity contribution in [3.05, 3.63) is 52.6 Å². The minimum absolute atomic E-state index is 0.244. The summed E-state index contributed by atoms with van der Waals surface area (Å²) in [5, 5.41) is 17.1. The molecule has 0 saturated heterocycles. The van der Waals surface area contributed by atoms with Gasteiger partial charge < -0.3 is 9.30 Å². The first-order chi connectivity index (χ1) is 14.1. The van der Waals surface area contributed by atoms with Crippen LogP contribution in [0.25, 0.3) is 22.5 Å². The van der Waals surface area contributed by atoms with E-state index in [9.17, 15) is 9.65 Å². The lowest BCUT2D eigenvalue weighted by atomic mass is 10.1. The summed E-state index contributed by atoms with van der Waals surface area (Å²) >= 11 is 0. The SMILES string of the molecule is Cc1ccc(-c2c(C#N)cc(-c3c(C)n[nH]c3C)n2COCC[Si](C)(C)C)c(F)c1. The van der Waals surface area contributed by atoms with Gasteiger partial charge in [0.15, 0.2) is 0 Å². The Bertz CT molecular complexity index is 1080. The van der Waals surface area contributed by atoms with Crippen molar-refractivity contribution in [3.8, 4) is 28.6 Å². The molecule has 0 bridgehead atoms. The molecule has 0 atom stereocenters. The lowest BCUT2D eigenvalue weighted by Gasteiger charge is -2.18. The molecule has 7 heteroatoms. The summed E-state index contributed by atoms with van der Waals surface area (Å²) in [7, 11) is -1.24. The van der Waals surface area contributed by atoms with E-state index in [1.54, 1.807) is 12.1 Å². The molecule has 0 saturated carbocycles. The Balaban J connectivity index is 2.14. The Morgan fingerprint density at radius 3 is 2.50 bits per heavy atom. The van der Waals surface area contributed by atoms with Gasteiger partial charge >= 0.3 is 0 Å². The molecule has 0 aliphatic carbocycles. The van der Waals surface area contributed by atoms with Gasteiger partial charge in [-0.3, -0.25) is 5.10 Å². The molecule has 2 heterocycles. The van der Waals surface area contributed by atoms with E-state index < -0.39 is 8.07 Å². The Hall–Kier alpha value is -2.69. The maximum absolute atomic E-state index is 14.9. The summed E-state index contributed by atoms with van der Waals surface area (Å²) < 4.78 is 22.8. The standard InChI is InChI=1S/C23H29FN4OSi/c1-15-7-8-19(20(24)11-15)23-18(13-25)12-21(22-16(2)26-27-17(22)3)28(23)14-29-9-10-30(4,5)6/h7-8,11-12H,9-10,14H2,1-6H3,(H,26,27). The molecule has 3 aromatic rings. The highest BCUT2D eigenvalue weighted by Gasteiger charge is 2.23. The number of halogens is 1. The van der Waals surface area contributed by atoms with Crippen molar-refractivity contribution in [2.75, 3.05) is 6.61 Å². The van der Waals surface area contributed by atoms with Crippen molar-refractivity contribution in [1.82, 2.24) is 14.8 Å². The molecule has 3 rings (SSSR count). The van der Waals surface area contributed by atoms with Crippen LogP contribution in [0.1, 0.15) is 22.5 Å². The zero-order chi connectivity index (χ0) is 22.1. The zero-order valence-electron chi connectivity index (χ0n) is 18.6. The zero-order valence-corrected chi connectivity index (χ0v) is 19.6. The van der Waals surface area contributed by atoms with E-state index in [4.69, 9.17) is 4.74 Å². The summed E-state index contributed by atoms with van der Waals surface area (Å²) in [4.78, 5) is 0. The number of nitrogens with zero attached hydrogens (tertiary/aromatic N) is 3. The number of nitriles is 1. The topological polar surface area (TPSA) is 66.6 Å². The molecule has 30 heavy (non-hydrogen) atoms. The molecule has 0 aliphatic rings. The van der Waals surface area contributed by atoms with Crippen molar-refractivity contribution in [2.24, 2.45) is 0 Å². The minimum Gasteiger partial charge on any atom is -0.361 e.